The number of ether oxygens (including phenoxy) is 2. The van der Waals surface area contributed by atoms with Crippen LogP contribution >= 0.6 is 0 Å². The highest BCUT2D eigenvalue weighted by molar-refractivity contribution is 5.77. The third-order valence-electron chi connectivity index (χ3n) is 2.62. The van der Waals surface area contributed by atoms with Gasteiger partial charge in [-0.3, -0.25) is 4.79 Å². The molecule has 0 aliphatic rings. The van der Waals surface area contributed by atoms with Crippen LogP contribution in [0.2, 0.25) is 0 Å². The molecule has 0 atom stereocenters. The van der Waals surface area contributed by atoms with Gasteiger partial charge in [0.25, 0.3) is 0 Å². The van der Waals surface area contributed by atoms with E-state index in [4.69, 9.17) is 14.6 Å². The molecule has 1 amide bonds. The van der Waals surface area contributed by atoms with Crippen LogP contribution in [0.1, 0.15) is 17.5 Å². The second kappa shape index (κ2) is 10.9. The highest BCUT2D eigenvalue weighted by Gasteiger charge is 2.03. The van der Waals surface area contributed by atoms with Gasteiger partial charge in [-0.15, -0.1) is 0 Å². The lowest BCUT2D eigenvalue weighted by Gasteiger charge is -2.08. The van der Waals surface area contributed by atoms with Crippen molar-refractivity contribution in [2.75, 3.05) is 33.5 Å². The van der Waals surface area contributed by atoms with Crippen molar-refractivity contribution in [3.63, 3.8) is 0 Å². The van der Waals surface area contributed by atoms with Crippen LogP contribution in [0.4, 0.5) is 0 Å². The lowest BCUT2D eigenvalue weighted by Crippen LogP contribution is -2.28. The first kappa shape index (κ1) is 17.2. The number of hydrogen-bond donors (Lipinski definition) is 2. The van der Waals surface area contributed by atoms with Crippen molar-refractivity contribution in [2.24, 2.45) is 0 Å². The van der Waals surface area contributed by atoms with Gasteiger partial charge in [-0.1, -0.05) is 30.0 Å². The quantitative estimate of drug-likeness (QED) is 0.546. The maximum Gasteiger partial charge on any atom is 0.246 e. The van der Waals surface area contributed by atoms with Crippen molar-refractivity contribution < 1.29 is 19.4 Å². The summed E-state index contributed by atoms with van der Waals surface area (Å²) >= 11 is 0. The van der Waals surface area contributed by atoms with E-state index in [0.717, 1.165) is 11.1 Å². The highest BCUT2D eigenvalue weighted by atomic mass is 16.5. The first-order valence-electron chi connectivity index (χ1n) is 6.79. The number of hydrogen-bond acceptors (Lipinski definition) is 4. The molecule has 2 N–H and O–H groups in total. The van der Waals surface area contributed by atoms with Gasteiger partial charge in [0.15, 0.2) is 0 Å². The minimum atomic E-state index is -0.177. The fraction of sp³-hybridized carbons (Fsp3) is 0.438. The normalized spacial score (nSPS) is 9.81. The molecule has 0 saturated carbocycles. The third kappa shape index (κ3) is 7.47. The maximum atomic E-state index is 11.6. The standard InChI is InChI=1S/C16H21NO4/c1-20-10-11-21-13-16(19)17-12-15-8-3-2-6-14(15)7-4-5-9-18/h2-3,6,8,18H,5,9-13H2,1H3,(H,17,19). The van der Waals surface area contributed by atoms with Crippen LogP contribution in [0.25, 0.3) is 0 Å². The molecular formula is C16H21NO4. The molecule has 5 nitrogen and oxygen atoms in total. The van der Waals surface area contributed by atoms with E-state index in [1.807, 2.05) is 24.3 Å². The number of benzene rings is 1. The Morgan fingerprint density at radius 3 is 2.90 bits per heavy atom. The second-order valence-corrected chi connectivity index (χ2v) is 4.25. The number of aliphatic hydroxyl groups is 1. The summed E-state index contributed by atoms with van der Waals surface area (Å²) < 4.78 is 9.97. The number of nitrogens with one attached hydrogen (secondary N) is 1. The minimum absolute atomic E-state index is 0.0156. The molecule has 21 heavy (non-hydrogen) atoms. The van der Waals surface area contributed by atoms with E-state index in [-0.39, 0.29) is 19.1 Å². The van der Waals surface area contributed by atoms with Crippen LogP contribution in [0.5, 0.6) is 0 Å². The van der Waals surface area contributed by atoms with Crippen LogP contribution in [0.3, 0.4) is 0 Å². The Morgan fingerprint density at radius 2 is 2.14 bits per heavy atom. The van der Waals surface area contributed by atoms with Crippen molar-refractivity contribution in [3.8, 4) is 11.8 Å². The van der Waals surface area contributed by atoms with Crippen LogP contribution < -0.4 is 5.32 Å². The Kier molecular flexibility index (Phi) is 8.89. The molecular weight excluding hydrogens is 270 g/mol. The van der Waals surface area contributed by atoms with Gasteiger partial charge in [-0.25, -0.2) is 0 Å². The first-order chi connectivity index (χ1) is 10.3. The minimum Gasteiger partial charge on any atom is -0.395 e. The van der Waals surface area contributed by atoms with Gasteiger partial charge < -0.3 is 19.9 Å². The number of amides is 1. The molecule has 0 aliphatic carbocycles. The molecule has 5 heteroatoms. The predicted molar refractivity (Wildman–Crippen MR) is 79.6 cm³/mol. The van der Waals surface area contributed by atoms with E-state index in [1.165, 1.54) is 0 Å². The SMILES string of the molecule is COCCOCC(=O)NCc1ccccc1C#CCCO. The molecule has 0 fully saturated rings. The zero-order chi connectivity index (χ0) is 15.3. The summed E-state index contributed by atoms with van der Waals surface area (Å²) in [4.78, 5) is 11.6. The number of carbonyl (C=O) groups is 1. The van der Waals surface area contributed by atoms with E-state index in [2.05, 4.69) is 17.2 Å². The third-order valence-corrected chi connectivity index (χ3v) is 2.62. The molecule has 0 spiro atoms. The lowest BCUT2D eigenvalue weighted by molar-refractivity contribution is -0.126. The Morgan fingerprint density at radius 1 is 1.33 bits per heavy atom. The highest BCUT2D eigenvalue weighted by Crippen LogP contribution is 2.06. The monoisotopic (exact) mass is 291 g/mol. The number of rotatable bonds is 8. The Hall–Kier alpha value is -1.87. The Bertz CT molecular complexity index is 491. The maximum absolute atomic E-state index is 11.6. The molecule has 0 aliphatic heterocycles. The van der Waals surface area contributed by atoms with E-state index in [1.54, 1.807) is 7.11 Å². The number of carbonyl (C=O) groups excluding carboxylic acids is 1. The molecule has 0 radical (unpaired) electrons. The van der Waals surface area contributed by atoms with Crippen LogP contribution in [-0.4, -0.2) is 44.6 Å². The molecule has 0 aromatic heterocycles. The molecule has 0 bridgehead atoms. The summed E-state index contributed by atoms with van der Waals surface area (Å²) in [6.07, 6.45) is 0.439. The molecule has 1 aromatic carbocycles. The van der Waals surface area contributed by atoms with Gasteiger partial charge in [0.05, 0.1) is 19.8 Å². The van der Waals surface area contributed by atoms with Crippen molar-refractivity contribution >= 4 is 5.91 Å². The zero-order valence-corrected chi connectivity index (χ0v) is 12.2. The summed E-state index contributed by atoms with van der Waals surface area (Å²) in [7, 11) is 1.58. The molecule has 114 valence electrons. The summed E-state index contributed by atoms with van der Waals surface area (Å²) in [5.74, 6) is 5.69. The summed E-state index contributed by atoms with van der Waals surface area (Å²) in [5, 5.41) is 11.5. The van der Waals surface area contributed by atoms with Crippen LogP contribution in [0.15, 0.2) is 24.3 Å². The molecule has 0 heterocycles. The fourth-order valence-corrected chi connectivity index (χ4v) is 1.56. The number of aliphatic hydroxyl groups excluding tert-OH is 1. The zero-order valence-electron chi connectivity index (χ0n) is 12.2. The van der Waals surface area contributed by atoms with Gasteiger partial charge in [-0.2, -0.15) is 0 Å². The van der Waals surface area contributed by atoms with E-state index in [0.29, 0.717) is 26.2 Å². The second-order valence-electron chi connectivity index (χ2n) is 4.25. The van der Waals surface area contributed by atoms with E-state index in [9.17, 15) is 4.79 Å². The average Bonchev–Trinajstić information content (AvgIpc) is 2.51. The molecule has 0 saturated heterocycles. The van der Waals surface area contributed by atoms with Crippen molar-refractivity contribution in [1.82, 2.24) is 5.32 Å². The van der Waals surface area contributed by atoms with Gasteiger partial charge in [0, 0.05) is 25.6 Å². The van der Waals surface area contributed by atoms with Crippen molar-refractivity contribution in [1.29, 1.82) is 0 Å². The smallest absolute Gasteiger partial charge is 0.246 e. The topological polar surface area (TPSA) is 67.8 Å². The van der Waals surface area contributed by atoms with Gasteiger partial charge in [-0.05, 0) is 11.6 Å². The molecule has 1 rings (SSSR count). The van der Waals surface area contributed by atoms with Crippen LogP contribution in [-0.2, 0) is 20.8 Å². The van der Waals surface area contributed by atoms with Crippen molar-refractivity contribution in [2.45, 2.75) is 13.0 Å². The first-order valence-corrected chi connectivity index (χ1v) is 6.79. The molecule has 0 unspecified atom stereocenters. The Labute approximate surface area is 125 Å². The Balaban J connectivity index is 2.44. The van der Waals surface area contributed by atoms with Crippen molar-refractivity contribution in [3.05, 3.63) is 35.4 Å². The number of methoxy groups -OCH3 is 1. The summed E-state index contributed by atoms with van der Waals surface area (Å²) in [5.41, 5.74) is 1.79. The van der Waals surface area contributed by atoms with Gasteiger partial charge in [0.2, 0.25) is 5.91 Å². The van der Waals surface area contributed by atoms with Crippen LogP contribution in [0, 0.1) is 11.8 Å². The van der Waals surface area contributed by atoms with Gasteiger partial charge in [0.1, 0.15) is 6.61 Å². The predicted octanol–water partition coefficient (Wildman–Crippen LogP) is 0.700. The summed E-state index contributed by atoms with van der Waals surface area (Å²) in [6, 6.07) is 7.59. The summed E-state index contributed by atoms with van der Waals surface area (Å²) in [6.45, 7) is 1.33. The largest absolute Gasteiger partial charge is 0.395 e. The van der Waals surface area contributed by atoms with Gasteiger partial charge >= 0.3 is 0 Å². The van der Waals surface area contributed by atoms with E-state index >= 15 is 0 Å². The average molecular weight is 291 g/mol. The fourth-order valence-electron chi connectivity index (χ4n) is 1.56. The van der Waals surface area contributed by atoms with E-state index < -0.39 is 0 Å². The molecule has 1 aromatic rings. The lowest BCUT2D eigenvalue weighted by atomic mass is 10.1.